The van der Waals surface area contributed by atoms with Crippen molar-refractivity contribution in [3.05, 3.63) is 0 Å². The van der Waals surface area contributed by atoms with Crippen LogP contribution in [0.5, 0.6) is 0 Å². The predicted molar refractivity (Wildman–Crippen MR) is 239 cm³/mol. The Morgan fingerprint density at radius 1 is 0.245 bits per heavy atom. The maximum atomic E-state index is 12.1. The first-order valence-corrected chi connectivity index (χ1v) is 25.5. The predicted octanol–water partition coefficient (Wildman–Crippen LogP) is 18.9. The van der Waals surface area contributed by atoms with E-state index in [1.807, 2.05) is 0 Å². The molecule has 0 unspecified atom stereocenters. The fourth-order valence-electron chi connectivity index (χ4n) is 8.20. The Labute approximate surface area is 336 Å². The van der Waals surface area contributed by atoms with E-state index in [1.165, 1.54) is 283 Å². The van der Waals surface area contributed by atoms with Crippen LogP contribution in [0, 0.1) is 0 Å². The van der Waals surface area contributed by atoms with Crippen molar-refractivity contribution >= 4 is 5.97 Å². The van der Waals surface area contributed by atoms with Crippen LogP contribution < -0.4 is 0 Å². The van der Waals surface area contributed by atoms with E-state index >= 15 is 0 Å². The number of carbonyl (C=O) groups excluding carboxylic acids is 1. The van der Waals surface area contributed by atoms with Gasteiger partial charge in [0.1, 0.15) is 0 Å². The van der Waals surface area contributed by atoms with Crippen LogP contribution in [0.1, 0.15) is 316 Å². The number of esters is 1. The van der Waals surface area contributed by atoms with Gasteiger partial charge in [-0.3, -0.25) is 4.79 Å². The molecule has 318 valence electrons. The first kappa shape index (κ1) is 52.5. The van der Waals surface area contributed by atoms with Crippen LogP contribution in [0.25, 0.3) is 0 Å². The molecule has 0 spiro atoms. The van der Waals surface area contributed by atoms with Crippen LogP contribution in [0.4, 0.5) is 0 Å². The molecule has 0 heterocycles. The second kappa shape index (κ2) is 49.5. The Bertz CT molecular complexity index is 644. The van der Waals surface area contributed by atoms with Gasteiger partial charge in [0.05, 0.1) is 6.61 Å². The van der Waals surface area contributed by atoms with Crippen LogP contribution in [0.2, 0.25) is 0 Å². The summed E-state index contributed by atoms with van der Waals surface area (Å²) in [4.78, 5) is 12.1. The summed E-state index contributed by atoms with van der Waals surface area (Å²) in [5.74, 6) is 0.0343. The van der Waals surface area contributed by atoms with E-state index in [9.17, 15) is 4.79 Å². The SMILES string of the molecule is CCCCCCCCCCCCCCCCCCCCCCCCCCCCCC(=O)OCCCCCCCCCCCCCCCCCCCCC. The van der Waals surface area contributed by atoms with Crippen molar-refractivity contribution in [3.63, 3.8) is 0 Å². The van der Waals surface area contributed by atoms with Crippen LogP contribution >= 0.6 is 0 Å². The summed E-state index contributed by atoms with van der Waals surface area (Å²) in [5.41, 5.74) is 0. The van der Waals surface area contributed by atoms with Crippen molar-refractivity contribution in [1.82, 2.24) is 0 Å². The van der Waals surface area contributed by atoms with Crippen molar-refractivity contribution in [2.45, 2.75) is 316 Å². The molecule has 0 aliphatic carbocycles. The quantitative estimate of drug-likeness (QED) is 0.0458. The van der Waals surface area contributed by atoms with Gasteiger partial charge < -0.3 is 4.74 Å². The minimum atomic E-state index is 0.0343. The van der Waals surface area contributed by atoms with E-state index in [0.717, 1.165) is 12.8 Å². The fourth-order valence-corrected chi connectivity index (χ4v) is 8.20. The van der Waals surface area contributed by atoms with Gasteiger partial charge in [0, 0.05) is 6.42 Å². The number of hydrogen-bond donors (Lipinski definition) is 0. The van der Waals surface area contributed by atoms with E-state index in [2.05, 4.69) is 13.8 Å². The third kappa shape index (κ3) is 49.5. The lowest BCUT2D eigenvalue weighted by molar-refractivity contribution is -0.143. The lowest BCUT2D eigenvalue weighted by atomic mass is 10.0. The maximum absolute atomic E-state index is 12.1. The Kier molecular flexibility index (Phi) is 49.0. The van der Waals surface area contributed by atoms with Crippen LogP contribution in [-0.4, -0.2) is 12.6 Å². The molecule has 0 aromatic carbocycles. The Morgan fingerprint density at radius 3 is 0.623 bits per heavy atom. The highest BCUT2D eigenvalue weighted by Crippen LogP contribution is 2.18. The fraction of sp³-hybridized carbons (Fsp3) is 0.980. The van der Waals surface area contributed by atoms with Crippen molar-refractivity contribution in [3.8, 4) is 0 Å². The lowest BCUT2D eigenvalue weighted by Gasteiger charge is -2.06. The van der Waals surface area contributed by atoms with Gasteiger partial charge in [-0.1, -0.05) is 296 Å². The van der Waals surface area contributed by atoms with Gasteiger partial charge in [-0.15, -0.1) is 0 Å². The third-order valence-electron chi connectivity index (χ3n) is 12.0. The van der Waals surface area contributed by atoms with Gasteiger partial charge in [0.15, 0.2) is 0 Å². The Hall–Kier alpha value is -0.530. The van der Waals surface area contributed by atoms with Gasteiger partial charge in [0.25, 0.3) is 0 Å². The molecule has 0 saturated heterocycles. The van der Waals surface area contributed by atoms with Crippen LogP contribution in [-0.2, 0) is 9.53 Å². The van der Waals surface area contributed by atoms with E-state index in [1.54, 1.807) is 0 Å². The summed E-state index contributed by atoms with van der Waals surface area (Å²) in [7, 11) is 0. The molecule has 0 rings (SSSR count). The van der Waals surface area contributed by atoms with E-state index in [4.69, 9.17) is 4.74 Å². The summed E-state index contributed by atoms with van der Waals surface area (Å²) in [6.45, 7) is 5.24. The molecule has 0 radical (unpaired) electrons. The number of rotatable bonds is 48. The highest BCUT2D eigenvalue weighted by Gasteiger charge is 2.03. The third-order valence-corrected chi connectivity index (χ3v) is 12.0. The molecule has 0 saturated carbocycles. The second-order valence-corrected chi connectivity index (χ2v) is 17.5. The largest absolute Gasteiger partial charge is 0.466 e. The van der Waals surface area contributed by atoms with Crippen molar-refractivity contribution in [1.29, 1.82) is 0 Å². The number of ether oxygens (including phenoxy) is 1. The standard InChI is InChI=1S/C51H102O2/c1-3-5-7-9-11-13-15-17-19-21-23-24-25-26-27-28-29-30-31-33-35-37-39-41-43-45-47-49-51(52)53-50-48-46-44-42-40-38-36-34-32-22-20-18-16-14-12-10-8-6-4-2/h3-50H2,1-2H3. The van der Waals surface area contributed by atoms with E-state index in [0.29, 0.717) is 13.0 Å². The molecule has 53 heavy (non-hydrogen) atoms. The first-order chi connectivity index (χ1) is 26.3. The number of unbranched alkanes of at least 4 members (excludes halogenated alkanes) is 44. The average molecular weight is 747 g/mol. The van der Waals surface area contributed by atoms with Gasteiger partial charge in [-0.05, 0) is 12.8 Å². The monoisotopic (exact) mass is 747 g/mol. The molecule has 0 N–H and O–H groups in total. The molecule has 2 nitrogen and oxygen atoms in total. The molecular formula is C51H102O2. The zero-order chi connectivity index (χ0) is 38.2. The van der Waals surface area contributed by atoms with Gasteiger partial charge in [-0.2, -0.15) is 0 Å². The lowest BCUT2D eigenvalue weighted by Crippen LogP contribution is -2.05. The summed E-state index contributed by atoms with van der Waals surface area (Å²) in [6, 6.07) is 0. The summed E-state index contributed by atoms with van der Waals surface area (Å²) in [5, 5.41) is 0. The van der Waals surface area contributed by atoms with Gasteiger partial charge in [-0.25, -0.2) is 0 Å². The van der Waals surface area contributed by atoms with Crippen molar-refractivity contribution < 1.29 is 9.53 Å². The molecule has 2 heteroatoms. The Balaban J connectivity index is 3.14. The topological polar surface area (TPSA) is 26.3 Å². The molecule has 0 fully saturated rings. The average Bonchev–Trinajstić information content (AvgIpc) is 3.16. The summed E-state index contributed by atoms with van der Waals surface area (Å²) in [6.07, 6.45) is 65.3. The van der Waals surface area contributed by atoms with Crippen LogP contribution in [0.15, 0.2) is 0 Å². The highest BCUT2D eigenvalue weighted by atomic mass is 16.5. The molecule has 0 aliphatic heterocycles. The van der Waals surface area contributed by atoms with Crippen LogP contribution in [0.3, 0.4) is 0 Å². The molecule has 0 amide bonds. The van der Waals surface area contributed by atoms with E-state index < -0.39 is 0 Å². The minimum Gasteiger partial charge on any atom is -0.466 e. The zero-order valence-corrected chi connectivity index (χ0v) is 37.3. The molecular weight excluding hydrogens is 645 g/mol. The molecule has 0 aromatic rings. The van der Waals surface area contributed by atoms with Crippen molar-refractivity contribution in [2.24, 2.45) is 0 Å². The summed E-state index contributed by atoms with van der Waals surface area (Å²) < 4.78 is 5.50. The van der Waals surface area contributed by atoms with Crippen molar-refractivity contribution in [2.75, 3.05) is 6.61 Å². The molecule has 0 aliphatic rings. The summed E-state index contributed by atoms with van der Waals surface area (Å²) >= 11 is 0. The second-order valence-electron chi connectivity index (χ2n) is 17.5. The highest BCUT2D eigenvalue weighted by molar-refractivity contribution is 5.69. The van der Waals surface area contributed by atoms with Gasteiger partial charge in [0.2, 0.25) is 0 Å². The van der Waals surface area contributed by atoms with E-state index in [-0.39, 0.29) is 5.97 Å². The molecule has 0 bridgehead atoms. The number of hydrogen-bond acceptors (Lipinski definition) is 2. The zero-order valence-electron chi connectivity index (χ0n) is 37.3. The maximum Gasteiger partial charge on any atom is 0.305 e. The van der Waals surface area contributed by atoms with Gasteiger partial charge >= 0.3 is 5.97 Å². The first-order valence-electron chi connectivity index (χ1n) is 25.5. The Morgan fingerprint density at radius 2 is 0.415 bits per heavy atom. The normalized spacial score (nSPS) is 11.5. The smallest absolute Gasteiger partial charge is 0.305 e. The molecule has 0 atom stereocenters. The molecule has 0 aromatic heterocycles. The number of carbonyl (C=O) groups is 1. The minimum absolute atomic E-state index is 0.0343.